The van der Waals surface area contributed by atoms with Crippen LogP contribution in [0.5, 0.6) is 0 Å². The molecule has 0 aliphatic heterocycles. The van der Waals surface area contributed by atoms with E-state index in [1.54, 1.807) is 0 Å². The monoisotopic (exact) mass is 1210 g/mol. The molecule has 10 aromatic carbocycles. The molecular weight excluding hydrogens is 1160 g/mol. The van der Waals surface area contributed by atoms with Gasteiger partial charge in [0.05, 0.1) is 0 Å². The third kappa shape index (κ3) is 10.6. The van der Waals surface area contributed by atoms with Crippen LogP contribution in [-0.4, -0.2) is 5.90 Å². The molecule has 0 fully saturated rings. The predicted octanol–water partition coefficient (Wildman–Crippen LogP) is 13.1. The van der Waals surface area contributed by atoms with Gasteiger partial charge in [-0.3, -0.25) is 11.8 Å². The van der Waals surface area contributed by atoms with E-state index in [1.807, 2.05) is 48.5 Å². The second-order valence-electron chi connectivity index (χ2n) is 15.0. The topological polar surface area (TPSA) is 0 Å². The first kappa shape index (κ1) is 47.2. The van der Waals surface area contributed by atoms with Crippen LogP contribution in [-0.2, 0) is 44.8 Å². The Labute approximate surface area is 406 Å². The number of fused-ring (bicyclic) bond motifs is 4. The number of benzene rings is 10. The molecule has 10 rings (SSSR count). The summed E-state index contributed by atoms with van der Waals surface area (Å²) >= 11 is 0. The molecule has 0 heterocycles. The number of hydrogen-bond acceptors (Lipinski definition) is 0. The van der Waals surface area contributed by atoms with Gasteiger partial charge in [-0.1, -0.05) is 191 Å². The van der Waals surface area contributed by atoms with E-state index in [1.165, 1.54) is 59.8 Å². The summed E-state index contributed by atoms with van der Waals surface area (Å²) in [5.74, 6) is 6.43. The maximum Gasteiger partial charge on any atom is 1.00 e. The van der Waals surface area contributed by atoms with E-state index in [-0.39, 0.29) is 44.8 Å². The van der Waals surface area contributed by atoms with Gasteiger partial charge in [-0.2, -0.15) is 0 Å². The number of rotatable bonds is 6. The average Bonchev–Trinajstić information content (AvgIpc) is 3.34. The molecule has 0 bridgehead atoms. The zero-order chi connectivity index (χ0) is 42.0. The van der Waals surface area contributed by atoms with Crippen LogP contribution in [0, 0.1) is 38.5 Å². The van der Waals surface area contributed by atoms with Gasteiger partial charge < -0.3 is 12.8 Å². The third-order valence-electron chi connectivity index (χ3n) is 11.5. The molecule has 4 heteroatoms. The Morgan fingerprint density at radius 1 is 0.302 bits per heavy atom. The van der Waals surface area contributed by atoms with Crippen molar-refractivity contribution in [3.05, 3.63) is 253 Å². The Morgan fingerprint density at radius 3 is 0.698 bits per heavy atom. The van der Waals surface area contributed by atoms with E-state index in [4.69, 9.17) is 12.8 Å². The first-order chi connectivity index (χ1) is 30.1. The van der Waals surface area contributed by atoms with Crippen LogP contribution < -0.4 is 21.2 Å². The Hall–Kier alpha value is -5.30. The minimum absolute atomic E-state index is 0. The Balaban J connectivity index is 0.000000161. The number of hydrogen-bond donors (Lipinski definition) is 0. The van der Waals surface area contributed by atoms with Gasteiger partial charge in [-0.25, -0.2) is 0 Å². The van der Waals surface area contributed by atoms with Gasteiger partial charge in [-0.15, -0.1) is 11.1 Å². The second kappa shape index (κ2) is 22.9. The van der Waals surface area contributed by atoms with Gasteiger partial charge in [0.15, 0.2) is 5.90 Å². The second-order valence-corrected chi connectivity index (χ2v) is 20.7. The zero-order valence-corrected chi connectivity index (χ0v) is 41.4. The van der Waals surface area contributed by atoms with E-state index >= 15 is 0 Å². The summed E-state index contributed by atoms with van der Waals surface area (Å²) in [5, 5.41) is 15.3. The maximum atomic E-state index is 7.53. The molecule has 0 aliphatic rings. The van der Waals surface area contributed by atoms with E-state index in [0.717, 1.165) is 32.7 Å². The van der Waals surface area contributed by atoms with Gasteiger partial charge in [-0.05, 0) is 95.1 Å². The largest absolute Gasteiger partial charge is 1.00 e. The molecule has 0 radical (unpaired) electrons. The molecule has 0 aromatic heterocycles. The Kier molecular flexibility index (Phi) is 17.1. The summed E-state index contributed by atoms with van der Waals surface area (Å²) in [6, 6.07) is 77.3. The van der Waals surface area contributed by atoms with Gasteiger partial charge >= 0.3 is 44.8 Å². The predicted molar refractivity (Wildman–Crippen MR) is 271 cm³/mol. The van der Waals surface area contributed by atoms with Crippen molar-refractivity contribution in [2.75, 3.05) is 5.90 Å². The maximum absolute atomic E-state index is 7.53. The average molecular weight is 1210 g/mol. The van der Waals surface area contributed by atoms with Gasteiger partial charge in [0, 0.05) is 0 Å². The van der Waals surface area contributed by atoms with Gasteiger partial charge in [0.25, 0.3) is 0 Å². The summed E-state index contributed by atoms with van der Waals surface area (Å²) in [7, 11) is -1.69. The molecule has 0 saturated carbocycles. The Bertz CT molecular complexity index is 2750. The molecule has 0 aliphatic carbocycles. The van der Waals surface area contributed by atoms with E-state index in [2.05, 4.69) is 196 Å². The summed E-state index contributed by atoms with van der Waals surface area (Å²) in [5.41, 5.74) is 4.33. The van der Waals surface area contributed by atoms with E-state index in [0.29, 0.717) is 0 Å². The minimum Gasteiger partial charge on any atom is -0.366 e. The molecular formula is C59H46Au2P2+2. The molecule has 0 saturated heterocycles. The van der Waals surface area contributed by atoms with Crippen molar-refractivity contribution >= 4 is 80.2 Å². The quantitative estimate of drug-likeness (QED) is 0.0512. The van der Waals surface area contributed by atoms with Crippen LogP contribution in [0.3, 0.4) is 0 Å². The van der Waals surface area contributed by atoms with E-state index in [9.17, 15) is 0 Å². The molecule has 63 heavy (non-hydrogen) atoms. The van der Waals surface area contributed by atoms with Crippen molar-refractivity contribution in [3.63, 3.8) is 0 Å². The summed E-state index contributed by atoms with van der Waals surface area (Å²) in [4.78, 5) is 0. The molecule has 0 nitrogen and oxygen atoms in total. The third-order valence-corrected chi connectivity index (χ3v) is 18.4. The number of aryl methyl sites for hydroxylation is 2. The van der Waals surface area contributed by atoms with Crippen molar-refractivity contribution in [1.29, 1.82) is 0 Å². The van der Waals surface area contributed by atoms with Crippen molar-refractivity contribution in [2.45, 2.75) is 13.8 Å². The molecule has 0 N–H and O–H groups in total. The fourth-order valence-electron chi connectivity index (χ4n) is 8.44. The fourth-order valence-corrected chi connectivity index (χ4v) is 16.2. The van der Waals surface area contributed by atoms with Gasteiger partial charge in [0.2, 0.25) is 0 Å². The van der Waals surface area contributed by atoms with Crippen LogP contribution >= 0.6 is 15.8 Å². The van der Waals surface area contributed by atoms with Crippen molar-refractivity contribution in [3.8, 4) is 11.8 Å². The van der Waals surface area contributed by atoms with Crippen LogP contribution in [0.2, 0.25) is 0 Å². The molecule has 0 unspecified atom stereocenters. The van der Waals surface area contributed by atoms with Crippen LogP contribution in [0.1, 0.15) is 22.3 Å². The van der Waals surface area contributed by atoms with Crippen LogP contribution in [0.15, 0.2) is 218 Å². The zero-order valence-electron chi connectivity index (χ0n) is 35.1. The minimum atomic E-state index is -0.847. The molecule has 0 spiro atoms. The molecule has 0 amide bonds. The van der Waals surface area contributed by atoms with Crippen LogP contribution in [0.4, 0.5) is 0 Å². The van der Waals surface area contributed by atoms with Crippen molar-refractivity contribution in [2.24, 2.45) is 0 Å². The summed E-state index contributed by atoms with van der Waals surface area (Å²) < 4.78 is 0. The van der Waals surface area contributed by atoms with Gasteiger partial charge in [0.1, 0.15) is 37.1 Å². The first-order valence-corrected chi connectivity index (χ1v) is 24.1. The smallest absolute Gasteiger partial charge is 0.366 e. The fraction of sp³-hybridized carbons (Fsp3) is 0.0508. The molecule has 10 aromatic rings. The molecule has 312 valence electrons. The normalized spacial score (nSPS) is 10.4. The van der Waals surface area contributed by atoms with E-state index < -0.39 is 15.8 Å². The SMILES string of the molecule is [Au+].[Au+].[C-]#Cc1c2ccccc2c(C)c2ccccc12.[C-]#Cc1c2ccccc2c(C)c2ccccc12.c1ccc([PH+](C[PH+](c2ccccc2)c2ccccc2)c2ccccc2)cc1. The van der Waals surface area contributed by atoms with Crippen molar-refractivity contribution in [1.82, 2.24) is 0 Å². The summed E-state index contributed by atoms with van der Waals surface area (Å²) in [6.45, 7) is 4.27. The Morgan fingerprint density at radius 2 is 0.492 bits per heavy atom. The van der Waals surface area contributed by atoms with Crippen molar-refractivity contribution < 1.29 is 44.8 Å². The molecule has 0 atom stereocenters. The first-order valence-electron chi connectivity index (χ1n) is 20.7. The van der Waals surface area contributed by atoms with Crippen LogP contribution in [0.25, 0.3) is 43.1 Å². The summed E-state index contributed by atoms with van der Waals surface area (Å²) in [6.07, 6.45) is 15.1. The standard InChI is InChI=1S/C25H22P2.2C17H11.2Au/c1-5-13-22(14-6-1)26(23-15-7-2-8-16-23)21-27(24-17-9-3-10-18-24)25-19-11-4-12-20-25;2*1-3-13-16-10-6-4-8-14(16)12(2)15-9-5-7-11-17(13)15;;/h1-20H,21H2;2*4-11H,2H3;;/q;2*-1;2*+1/p+2.